The first-order valence-corrected chi connectivity index (χ1v) is 9.46. The summed E-state index contributed by atoms with van der Waals surface area (Å²) in [7, 11) is 0. The summed E-state index contributed by atoms with van der Waals surface area (Å²) in [5, 5.41) is 0. The van der Waals surface area contributed by atoms with Crippen LogP contribution in [0.5, 0.6) is 5.75 Å². The van der Waals surface area contributed by atoms with Crippen LogP contribution in [0.4, 0.5) is 0 Å². The Morgan fingerprint density at radius 3 is 2.32 bits per heavy atom. The van der Waals surface area contributed by atoms with Crippen molar-refractivity contribution in [3.05, 3.63) is 29.8 Å². The molecule has 1 aliphatic rings. The van der Waals surface area contributed by atoms with Gasteiger partial charge in [0.15, 0.2) is 0 Å². The molecule has 1 heteroatoms. The van der Waals surface area contributed by atoms with Crippen LogP contribution in [0.3, 0.4) is 0 Å². The lowest BCUT2D eigenvalue weighted by Crippen LogP contribution is -1.99. The second-order valence-corrected chi connectivity index (χ2v) is 7.44. The van der Waals surface area contributed by atoms with Crippen molar-refractivity contribution in [2.75, 3.05) is 6.61 Å². The normalized spacial score (nSPS) is 15.6. The Balaban J connectivity index is 1.49. The number of benzene rings is 1. The predicted octanol–water partition coefficient (Wildman–Crippen LogP) is 6.40. The molecule has 124 valence electrons. The Morgan fingerprint density at radius 1 is 0.955 bits per heavy atom. The van der Waals surface area contributed by atoms with E-state index in [1.807, 2.05) is 0 Å². The molecule has 0 aromatic heterocycles. The average Bonchev–Trinajstić information content (AvgIpc) is 3.01. The molecule has 0 N–H and O–H groups in total. The average molecular weight is 303 g/mol. The van der Waals surface area contributed by atoms with Gasteiger partial charge in [-0.1, -0.05) is 77.3 Å². The van der Waals surface area contributed by atoms with E-state index in [4.69, 9.17) is 4.74 Å². The minimum atomic E-state index is 0.719. The maximum absolute atomic E-state index is 5.85. The molecule has 0 amide bonds. The van der Waals surface area contributed by atoms with Crippen molar-refractivity contribution in [1.29, 1.82) is 0 Å². The third-order valence-corrected chi connectivity index (χ3v) is 4.82. The largest absolute Gasteiger partial charge is 0.494 e. The lowest BCUT2D eigenvalue weighted by atomic mass is 9.99. The zero-order chi connectivity index (χ0) is 15.6. The van der Waals surface area contributed by atoms with Gasteiger partial charge in [0.1, 0.15) is 5.75 Å². The summed E-state index contributed by atoms with van der Waals surface area (Å²) in [4.78, 5) is 0. The molecular weight excluding hydrogens is 268 g/mol. The van der Waals surface area contributed by atoms with Crippen molar-refractivity contribution in [2.45, 2.75) is 78.1 Å². The van der Waals surface area contributed by atoms with Crippen LogP contribution < -0.4 is 4.74 Å². The maximum Gasteiger partial charge on any atom is 0.119 e. The molecule has 1 aromatic carbocycles. The van der Waals surface area contributed by atoms with E-state index in [0.29, 0.717) is 0 Å². The van der Waals surface area contributed by atoms with E-state index in [2.05, 4.69) is 38.1 Å². The van der Waals surface area contributed by atoms with Gasteiger partial charge >= 0.3 is 0 Å². The van der Waals surface area contributed by atoms with Gasteiger partial charge in [0.2, 0.25) is 0 Å². The Bertz CT molecular complexity index is 387. The molecular formula is C21H34O. The smallest absolute Gasteiger partial charge is 0.119 e. The fourth-order valence-electron chi connectivity index (χ4n) is 3.57. The van der Waals surface area contributed by atoms with Crippen LogP contribution >= 0.6 is 0 Å². The van der Waals surface area contributed by atoms with Gasteiger partial charge in [0.25, 0.3) is 0 Å². The molecule has 0 saturated heterocycles. The van der Waals surface area contributed by atoms with Crippen molar-refractivity contribution in [3.8, 4) is 5.75 Å². The minimum absolute atomic E-state index is 0.719. The lowest BCUT2D eigenvalue weighted by molar-refractivity contribution is 0.303. The van der Waals surface area contributed by atoms with E-state index in [9.17, 15) is 0 Å². The number of hydrogen-bond acceptors (Lipinski definition) is 1. The Kier molecular flexibility index (Phi) is 7.83. The van der Waals surface area contributed by atoms with Gasteiger partial charge < -0.3 is 4.74 Å². The highest BCUT2D eigenvalue weighted by molar-refractivity contribution is 5.27. The molecule has 0 heterocycles. The molecule has 1 nitrogen and oxygen atoms in total. The van der Waals surface area contributed by atoms with Crippen LogP contribution in [-0.2, 0) is 6.42 Å². The predicted molar refractivity (Wildman–Crippen MR) is 95.5 cm³/mol. The molecule has 0 unspecified atom stereocenters. The quantitative estimate of drug-likeness (QED) is 0.454. The van der Waals surface area contributed by atoms with Crippen LogP contribution in [0.15, 0.2) is 24.3 Å². The molecule has 22 heavy (non-hydrogen) atoms. The second-order valence-electron chi connectivity index (χ2n) is 7.44. The number of unbranched alkanes of at least 4 members (excludes halogenated alkanes) is 3. The lowest BCUT2D eigenvalue weighted by Gasteiger charge is -2.09. The summed E-state index contributed by atoms with van der Waals surface area (Å²) in [6, 6.07) is 8.66. The van der Waals surface area contributed by atoms with Crippen LogP contribution in [0, 0.1) is 11.8 Å². The second kappa shape index (κ2) is 9.92. The summed E-state index contributed by atoms with van der Waals surface area (Å²) in [6.45, 7) is 5.39. The van der Waals surface area contributed by atoms with Crippen molar-refractivity contribution in [1.82, 2.24) is 0 Å². The SMILES string of the molecule is CC(C)Cc1ccc(OCCCCCCC2CCCC2)cc1. The Morgan fingerprint density at radius 2 is 1.64 bits per heavy atom. The molecule has 0 spiro atoms. The van der Waals surface area contributed by atoms with Gasteiger partial charge in [-0.3, -0.25) is 0 Å². The standard InChI is InChI=1S/C21H34O/c1-18(2)17-20-12-14-21(15-13-20)22-16-8-4-3-5-9-19-10-6-7-11-19/h12-15,18-19H,3-11,16-17H2,1-2H3. The first-order valence-electron chi connectivity index (χ1n) is 9.46. The number of hydrogen-bond donors (Lipinski definition) is 0. The first kappa shape index (κ1) is 17.4. The summed E-state index contributed by atoms with van der Waals surface area (Å²) in [5.41, 5.74) is 1.41. The molecule has 0 bridgehead atoms. The highest BCUT2D eigenvalue weighted by Crippen LogP contribution is 2.29. The summed E-state index contributed by atoms with van der Waals surface area (Å²) >= 11 is 0. The topological polar surface area (TPSA) is 9.23 Å². The molecule has 1 aliphatic carbocycles. The van der Waals surface area contributed by atoms with E-state index in [-0.39, 0.29) is 0 Å². The fourth-order valence-corrected chi connectivity index (χ4v) is 3.57. The van der Waals surface area contributed by atoms with Gasteiger partial charge in [-0.15, -0.1) is 0 Å². The van der Waals surface area contributed by atoms with Crippen LogP contribution in [-0.4, -0.2) is 6.61 Å². The summed E-state index contributed by atoms with van der Waals surface area (Å²) in [6.07, 6.45) is 13.9. The molecule has 1 aromatic rings. The van der Waals surface area contributed by atoms with Crippen molar-refractivity contribution >= 4 is 0 Å². The molecule has 0 radical (unpaired) electrons. The van der Waals surface area contributed by atoms with E-state index in [0.717, 1.165) is 30.6 Å². The van der Waals surface area contributed by atoms with Crippen LogP contribution in [0.1, 0.15) is 77.2 Å². The summed E-state index contributed by atoms with van der Waals surface area (Å²) < 4.78 is 5.85. The first-order chi connectivity index (χ1) is 10.7. The van der Waals surface area contributed by atoms with Crippen LogP contribution in [0.2, 0.25) is 0 Å². The molecule has 0 atom stereocenters. The monoisotopic (exact) mass is 302 g/mol. The molecule has 1 saturated carbocycles. The van der Waals surface area contributed by atoms with E-state index in [1.54, 1.807) is 0 Å². The highest BCUT2D eigenvalue weighted by Gasteiger charge is 2.13. The third-order valence-electron chi connectivity index (χ3n) is 4.82. The van der Waals surface area contributed by atoms with Crippen molar-refractivity contribution < 1.29 is 4.74 Å². The van der Waals surface area contributed by atoms with E-state index >= 15 is 0 Å². The van der Waals surface area contributed by atoms with Gasteiger partial charge in [-0.05, 0) is 42.4 Å². The zero-order valence-electron chi connectivity index (χ0n) is 14.7. The Labute approximate surface area is 137 Å². The molecule has 2 rings (SSSR count). The third kappa shape index (κ3) is 6.85. The van der Waals surface area contributed by atoms with Crippen molar-refractivity contribution in [3.63, 3.8) is 0 Å². The maximum atomic E-state index is 5.85. The van der Waals surface area contributed by atoms with Crippen molar-refractivity contribution in [2.24, 2.45) is 11.8 Å². The van der Waals surface area contributed by atoms with E-state index < -0.39 is 0 Å². The van der Waals surface area contributed by atoms with Gasteiger partial charge in [-0.2, -0.15) is 0 Å². The number of ether oxygens (including phenoxy) is 1. The number of rotatable bonds is 10. The Hall–Kier alpha value is -0.980. The highest BCUT2D eigenvalue weighted by atomic mass is 16.5. The van der Waals surface area contributed by atoms with Gasteiger partial charge in [-0.25, -0.2) is 0 Å². The minimum Gasteiger partial charge on any atom is -0.494 e. The zero-order valence-corrected chi connectivity index (χ0v) is 14.7. The van der Waals surface area contributed by atoms with Crippen LogP contribution in [0.25, 0.3) is 0 Å². The van der Waals surface area contributed by atoms with Gasteiger partial charge in [0.05, 0.1) is 6.61 Å². The molecule has 0 aliphatic heterocycles. The summed E-state index contributed by atoms with van der Waals surface area (Å²) in [5.74, 6) is 2.80. The van der Waals surface area contributed by atoms with Gasteiger partial charge in [0, 0.05) is 0 Å². The van der Waals surface area contributed by atoms with E-state index in [1.165, 1.54) is 63.4 Å². The fraction of sp³-hybridized carbons (Fsp3) is 0.714. The molecule has 1 fully saturated rings.